The first-order valence-corrected chi connectivity index (χ1v) is 19.4. The normalized spacial score (nSPS) is 25.1. The Hall–Kier alpha value is -5.83. The maximum Gasteiger partial charge on any atom is 0.282 e. The molecule has 2 aromatic carbocycles. The molecule has 3 aromatic rings. The van der Waals surface area contributed by atoms with Crippen molar-refractivity contribution in [2.45, 2.75) is 71.3 Å². The first kappa shape index (κ1) is 36.8. The number of hydrogen-bond acceptors (Lipinski definition) is 11. The van der Waals surface area contributed by atoms with E-state index in [-0.39, 0.29) is 59.0 Å². The van der Waals surface area contributed by atoms with Crippen molar-refractivity contribution < 1.29 is 28.7 Å². The molecule has 9 rings (SSSR count). The third kappa shape index (κ3) is 5.84. The summed E-state index contributed by atoms with van der Waals surface area (Å²) in [7, 11) is 0. The van der Waals surface area contributed by atoms with Gasteiger partial charge < -0.3 is 14.5 Å². The lowest BCUT2D eigenvalue weighted by Crippen LogP contribution is -2.74. The van der Waals surface area contributed by atoms with Crippen LogP contribution in [0.25, 0.3) is 0 Å². The number of likely N-dealkylation sites (tertiary alicyclic amines) is 1. The zero-order valence-corrected chi connectivity index (χ0v) is 32.6. The van der Waals surface area contributed by atoms with Crippen LogP contribution in [0, 0.1) is 39.9 Å². The van der Waals surface area contributed by atoms with Gasteiger partial charge in [-0.25, -0.2) is 9.97 Å². The number of carbonyl (C=O) groups excluding carboxylic acids is 5. The summed E-state index contributed by atoms with van der Waals surface area (Å²) in [5, 5.41) is 11.8. The van der Waals surface area contributed by atoms with Gasteiger partial charge in [0.25, 0.3) is 17.7 Å². The Labute approximate surface area is 334 Å². The molecule has 14 nitrogen and oxygen atoms in total. The van der Waals surface area contributed by atoms with Gasteiger partial charge in [-0.3, -0.25) is 39.1 Å². The van der Waals surface area contributed by atoms with Crippen LogP contribution in [0.2, 0.25) is 5.02 Å². The predicted molar refractivity (Wildman–Crippen MR) is 205 cm³/mol. The van der Waals surface area contributed by atoms with Crippen LogP contribution in [0.15, 0.2) is 42.6 Å². The van der Waals surface area contributed by atoms with Gasteiger partial charge in [0.2, 0.25) is 11.8 Å². The van der Waals surface area contributed by atoms with Gasteiger partial charge in [0, 0.05) is 85.2 Å². The first-order valence-electron chi connectivity index (χ1n) is 19.0. The van der Waals surface area contributed by atoms with Crippen molar-refractivity contribution in [1.29, 1.82) is 5.26 Å². The topological polar surface area (TPSA) is 169 Å². The third-order valence-corrected chi connectivity index (χ3v) is 12.8. The van der Waals surface area contributed by atoms with Crippen LogP contribution in [-0.4, -0.2) is 105 Å². The van der Waals surface area contributed by atoms with E-state index in [1.165, 1.54) is 6.20 Å². The van der Waals surface area contributed by atoms with Crippen molar-refractivity contribution >= 4 is 47.0 Å². The zero-order chi connectivity index (χ0) is 40.1. The fourth-order valence-electron chi connectivity index (χ4n) is 9.97. The molecule has 6 heterocycles. The fraction of sp³-hybridized carbons (Fsp3) is 0.429. The van der Waals surface area contributed by atoms with Crippen molar-refractivity contribution in [3.8, 4) is 23.7 Å². The number of piperidine rings is 1. The van der Waals surface area contributed by atoms with Crippen LogP contribution in [0.5, 0.6) is 5.75 Å². The molecule has 6 aliphatic rings. The van der Waals surface area contributed by atoms with Crippen molar-refractivity contribution in [3.63, 3.8) is 0 Å². The SMILES string of the molecule is CC1(C)[C@H](Oc2ccc(C#N)c(Cl)c2)C(C)(C)[C@H]1N1Cc2cc(C#CC3CN(C4CN(c5cnc6c(n5)C(=O)N(C5CCC(=O)NC5=O)C6=O)C4)C3)ccc2C1=O. The van der Waals surface area contributed by atoms with E-state index in [2.05, 4.69) is 65.8 Å². The number of imide groups is 2. The van der Waals surface area contributed by atoms with Crippen molar-refractivity contribution in [2.75, 3.05) is 31.1 Å². The summed E-state index contributed by atoms with van der Waals surface area (Å²) in [5.74, 6) is 5.62. The van der Waals surface area contributed by atoms with E-state index in [0.717, 1.165) is 29.1 Å². The summed E-state index contributed by atoms with van der Waals surface area (Å²) in [5.41, 5.74) is 2.08. The number of carbonyl (C=O) groups is 5. The predicted octanol–water partition coefficient (Wildman–Crippen LogP) is 3.41. The second kappa shape index (κ2) is 13.1. The molecule has 1 N–H and O–H groups in total. The number of benzene rings is 2. The number of fused-ring (bicyclic) bond motifs is 2. The molecule has 1 unspecified atom stereocenters. The summed E-state index contributed by atoms with van der Waals surface area (Å²) < 4.78 is 6.46. The molecule has 0 radical (unpaired) electrons. The van der Waals surface area contributed by atoms with Crippen LogP contribution in [-0.2, 0) is 16.1 Å². The van der Waals surface area contributed by atoms with Gasteiger partial charge in [-0.05, 0) is 42.3 Å². The first-order chi connectivity index (χ1) is 27.1. The number of nitrogens with one attached hydrogen (secondary N) is 1. The molecule has 1 aromatic heterocycles. The van der Waals surface area contributed by atoms with Gasteiger partial charge >= 0.3 is 0 Å². The van der Waals surface area contributed by atoms with E-state index in [4.69, 9.17) is 16.3 Å². The van der Waals surface area contributed by atoms with Crippen LogP contribution in [0.1, 0.15) is 88.6 Å². The summed E-state index contributed by atoms with van der Waals surface area (Å²) in [4.78, 5) is 79.8. The van der Waals surface area contributed by atoms with Gasteiger partial charge in [0.1, 0.15) is 29.8 Å². The smallest absolute Gasteiger partial charge is 0.282 e. The Morgan fingerprint density at radius 2 is 1.67 bits per heavy atom. The number of nitriles is 1. The van der Waals surface area contributed by atoms with Gasteiger partial charge in [0.05, 0.1) is 16.8 Å². The Morgan fingerprint density at radius 1 is 0.930 bits per heavy atom. The van der Waals surface area contributed by atoms with Gasteiger partial charge in [0.15, 0.2) is 11.4 Å². The highest BCUT2D eigenvalue weighted by atomic mass is 35.5. The molecule has 290 valence electrons. The second-order valence-electron chi connectivity index (χ2n) is 17.0. The van der Waals surface area contributed by atoms with E-state index < -0.39 is 29.7 Å². The van der Waals surface area contributed by atoms with Crippen molar-refractivity contribution in [3.05, 3.63) is 81.3 Å². The Bertz CT molecular complexity index is 2400. The number of amides is 5. The Morgan fingerprint density at radius 3 is 2.37 bits per heavy atom. The molecule has 1 aliphatic carbocycles. The maximum atomic E-state index is 13.8. The van der Waals surface area contributed by atoms with E-state index in [1.54, 1.807) is 18.2 Å². The monoisotopic (exact) mass is 786 g/mol. The van der Waals surface area contributed by atoms with Crippen molar-refractivity contribution in [1.82, 2.24) is 30.0 Å². The Balaban J connectivity index is 0.783. The summed E-state index contributed by atoms with van der Waals surface area (Å²) in [6.07, 6.45) is 1.41. The third-order valence-electron chi connectivity index (χ3n) is 12.5. The van der Waals surface area contributed by atoms with E-state index >= 15 is 0 Å². The highest BCUT2D eigenvalue weighted by Gasteiger charge is 2.67. The van der Waals surface area contributed by atoms with E-state index in [1.807, 2.05) is 28.0 Å². The number of anilines is 1. The summed E-state index contributed by atoms with van der Waals surface area (Å²) >= 11 is 6.28. The average molecular weight is 787 g/mol. The molecule has 3 saturated heterocycles. The lowest BCUT2D eigenvalue weighted by molar-refractivity contribution is -0.199. The van der Waals surface area contributed by atoms with E-state index in [9.17, 15) is 29.2 Å². The molecule has 5 aliphatic heterocycles. The number of hydrogen-bond donors (Lipinski definition) is 1. The number of rotatable bonds is 6. The molecular formula is C42H39ClN8O6. The largest absolute Gasteiger partial charge is 0.489 e. The lowest BCUT2D eigenvalue weighted by Gasteiger charge is -2.65. The zero-order valence-electron chi connectivity index (χ0n) is 31.8. The number of nitrogens with zero attached hydrogens (tertiary/aromatic N) is 7. The molecule has 1 atom stereocenters. The van der Waals surface area contributed by atoms with Crippen molar-refractivity contribution in [2.24, 2.45) is 16.7 Å². The highest BCUT2D eigenvalue weighted by molar-refractivity contribution is 6.31. The van der Waals surface area contributed by atoms with Gasteiger partial charge in [-0.1, -0.05) is 51.1 Å². The van der Waals surface area contributed by atoms with Crippen LogP contribution in [0.3, 0.4) is 0 Å². The number of aromatic nitrogens is 2. The molecule has 1 saturated carbocycles. The summed E-state index contributed by atoms with van der Waals surface area (Å²) in [6, 6.07) is 12.2. The maximum absolute atomic E-state index is 13.8. The fourth-order valence-corrected chi connectivity index (χ4v) is 10.2. The van der Waals surface area contributed by atoms with E-state index in [0.29, 0.717) is 53.4 Å². The minimum atomic E-state index is -1.06. The minimum Gasteiger partial charge on any atom is -0.489 e. The standard InChI is InChI=1S/C42H39ClN8O6/c1-41(2)39(42(3,4)40(41)57-27-9-8-24(15-44)29(43)14-27)50-19-25-13-22(7-10-28(25)36(50)54)5-6-23-17-48(18-23)26-20-49(21-26)31-16-45-33-34(46-31)38(56)51(37(33)55)30-11-12-32(52)47-35(30)53/h7-10,13-14,16,23,26,30,39-40H,11-12,17-21H2,1-4H3,(H,47,52,53)/t30?,39-,40-. The van der Waals surface area contributed by atoms with Crippen LogP contribution >= 0.6 is 11.6 Å². The Kier molecular flexibility index (Phi) is 8.46. The second-order valence-corrected chi connectivity index (χ2v) is 17.4. The van der Waals surface area contributed by atoms with Gasteiger partial charge in [-0.2, -0.15) is 5.26 Å². The molecule has 0 bridgehead atoms. The summed E-state index contributed by atoms with van der Waals surface area (Å²) in [6.45, 7) is 12.0. The highest BCUT2D eigenvalue weighted by Crippen LogP contribution is 2.59. The molecule has 5 amide bonds. The number of halogens is 1. The van der Waals surface area contributed by atoms with Crippen LogP contribution in [0.4, 0.5) is 5.82 Å². The molecule has 15 heteroatoms. The lowest BCUT2D eigenvalue weighted by atomic mass is 9.49. The number of ether oxygens (including phenoxy) is 1. The molecular weight excluding hydrogens is 748 g/mol. The molecule has 4 fully saturated rings. The minimum absolute atomic E-state index is 0.0138. The average Bonchev–Trinajstić information content (AvgIpc) is 3.57. The van der Waals surface area contributed by atoms with Gasteiger partial charge in [-0.15, -0.1) is 0 Å². The molecule has 0 spiro atoms. The van der Waals surface area contributed by atoms with Crippen LogP contribution < -0.4 is 15.0 Å². The quantitative estimate of drug-likeness (QED) is 0.287. The molecule has 57 heavy (non-hydrogen) atoms.